The van der Waals surface area contributed by atoms with Crippen LogP contribution in [0.2, 0.25) is 0 Å². The van der Waals surface area contributed by atoms with Crippen LogP contribution >= 0.6 is 45.3 Å². The Bertz CT molecular complexity index is 1760. The lowest BCUT2D eigenvalue weighted by Gasteiger charge is -2.29. The first kappa shape index (κ1) is 28.8. The molecule has 5 aromatic rings. The Hall–Kier alpha value is -3.95. The molecule has 8 heteroatoms. The number of carbonyl (C=O) groups is 2. The Morgan fingerprint density at radius 2 is 1.07 bits per heavy atom. The molecule has 0 saturated heterocycles. The van der Waals surface area contributed by atoms with Crippen LogP contribution in [0.3, 0.4) is 0 Å². The van der Waals surface area contributed by atoms with Gasteiger partial charge in [-0.05, 0) is 81.2 Å². The smallest absolute Gasteiger partial charge is 0.200 e. The van der Waals surface area contributed by atoms with Gasteiger partial charge in [0.25, 0.3) is 0 Å². The lowest BCUT2D eigenvalue weighted by Crippen LogP contribution is -2.39. The fourth-order valence-corrected chi connectivity index (χ4v) is 8.47. The van der Waals surface area contributed by atoms with Crippen molar-refractivity contribution in [2.24, 2.45) is 0 Å². The van der Waals surface area contributed by atoms with Gasteiger partial charge in [0.2, 0.25) is 5.71 Å². The van der Waals surface area contributed by atoms with Gasteiger partial charge in [-0.15, -0.1) is 45.3 Å². The highest BCUT2D eigenvalue weighted by atomic mass is 32.1. The summed E-state index contributed by atoms with van der Waals surface area (Å²) in [5.74, 6) is -0.923. The molecule has 44 heavy (non-hydrogen) atoms. The van der Waals surface area contributed by atoms with Crippen LogP contribution in [-0.4, -0.2) is 21.9 Å². The number of hydrogen-bond donors (Lipinski definition) is 0. The Morgan fingerprint density at radius 1 is 0.591 bits per heavy atom. The van der Waals surface area contributed by atoms with Crippen LogP contribution in [0.25, 0.3) is 0 Å². The molecule has 1 saturated carbocycles. The van der Waals surface area contributed by atoms with Gasteiger partial charge in [0.05, 0.1) is 28.4 Å². The number of rotatable bonds is 10. The normalized spacial score (nSPS) is 16.1. The summed E-state index contributed by atoms with van der Waals surface area (Å²) < 4.78 is 2.33. The van der Waals surface area contributed by atoms with E-state index in [1.165, 1.54) is 19.5 Å². The number of thiophene rings is 4. The standard InChI is InChI=1S/C36H29N2O2S4/c39-35-33(25-9-13-27(14-10-25)37(21-29-5-1-17-41-29)22-30-6-2-18-42-30)36(40)34(35)26-11-15-28(16-12-26)38(23-31-7-3-19-43-31)24-32-8-4-20-44-32/h1-20,33H,21-24H2/q+1. The van der Waals surface area contributed by atoms with E-state index in [1.807, 2.05) is 48.6 Å². The predicted molar refractivity (Wildman–Crippen MR) is 184 cm³/mol. The van der Waals surface area contributed by atoms with Crippen molar-refractivity contribution in [3.8, 4) is 0 Å². The van der Waals surface area contributed by atoms with Crippen molar-refractivity contribution in [3.63, 3.8) is 0 Å². The van der Waals surface area contributed by atoms with Crippen molar-refractivity contribution in [2.45, 2.75) is 32.1 Å². The van der Waals surface area contributed by atoms with Crippen LogP contribution in [0.5, 0.6) is 0 Å². The minimum atomic E-state index is -0.726. The van der Waals surface area contributed by atoms with Crippen molar-refractivity contribution in [1.29, 1.82) is 0 Å². The average Bonchev–Trinajstić information content (AvgIpc) is 3.88. The van der Waals surface area contributed by atoms with E-state index in [9.17, 15) is 9.59 Å². The summed E-state index contributed by atoms with van der Waals surface area (Å²) in [5.41, 5.74) is 3.91. The third-order valence-electron chi connectivity index (χ3n) is 7.84. The van der Waals surface area contributed by atoms with Gasteiger partial charge in [0.15, 0.2) is 24.7 Å². The molecular formula is C36H29N2O2S4+. The molecule has 7 rings (SSSR count). The minimum Gasteiger partial charge on any atom is -0.361 e. The molecule has 2 aliphatic carbocycles. The second-order valence-electron chi connectivity index (χ2n) is 10.7. The van der Waals surface area contributed by atoms with Crippen LogP contribution < -0.4 is 4.90 Å². The van der Waals surface area contributed by atoms with E-state index in [4.69, 9.17) is 0 Å². The molecule has 0 amide bonds. The van der Waals surface area contributed by atoms with Gasteiger partial charge in [-0.1, -0.05) is 36.4 Å². The summed E-state index contributed by atoms with van der Waals surface area (Å²) in [7, 11) is 0. The summed E-state index contributed by atoms with van der Waals surface area (Å²) in [6.45, 7) is 3.23. The van der Waals surface area contributed by atoms with Gasteiger partial charge < -0.3 is 4.90 Å². The maximum absolute atomic E-state index is 13.4. The van der Waals surface area contributed by atoms with E-state index < -0.39 is 5.92 Å². The van der Waals surface area contributed by atoms with Crippen molar-refractivity contribution < 1.29 is 14.2 Å². The molecular weight excluding hydrogens is 621 g/mol. The number of benzene rings is 1. The second-order valence-corrected chi connectivity index (χ2v) is 14.8. The molecule has 1 aromatic carbocycles. The molecule has 0 aliphatic heterocycles. The van der Waals surface area contributed by atoms with Crippen molar-refractivity contribution in [3.05, 3.63) is 155 Å². The summed E-state index contributed by atoms with van der Waals surface area (Å²) in [4.78, 5) is 34.3. The molecule has 1 fully saturated rings. The van der Waals surface area contributed by atoms with Gasteiger partial charge >= 0.3 is 0 Å². The van der Waals surface area contributed by atoms with E-state index in [1.54, 1.807) is 45.3 Å². The van der Waals surface area contributed by atoms with E-state index in [-0.39, 0.29) is 11.6 Å². The minimum absolute atomic E-state index is 0.0986. The number of allylic oxidation sites excluding steroid dienone is 6. The van der Waals surface area contributed by atoms with Crippen LogP contribution in [-0.2, 0) is 35.8 Å². The SMILES string of the molecule is O=C1C(=C2C=CC(=[N+](Cc3cccs3)Cc3cccs3)C=C2)C(=O)C1c1ccc(N(Cc2cccs2)Cc2cccs2)cc1. The van der Waals surface area contributed by atoms with Gasteiger partial charge in [0, 0.05) is 27.6 Å². The highest BCUT2D eigenvalue weighted by Crippen LogP contribution is 2.38. The molecule has 4 heterocycles. The third kappa shape index (κ3) is 6.16. The maximum atomic E-state index is 13.4. The molecule has 0 bridgehead atoms. The summed E-state index contributed by atoms with van der Waals surface area (Å²) in [6, 6.07) is 24.9. The molecule has 2 aliphatic rings. The molecule has 4 aromatic heterocycles. The van der Waals surface area contributed by atoms with E-state index in [2.05, 4.69) is 79.5 Å². The number of carbonyl (C=O) groups excluding carboxylic acids is 2. The van der Waals surface area contributed by atoms with E-state index in [0.29, 0.717) is 11.1 Å². The lowest BCUT2D eigenvalue weighted by molar-refractivity contribution is -0.557. The van der Waals surface area contributed by atoms with Crippen LogP contribution in [0, 0.1) is 0 Å². The van der Waals surface area contributed by atoms with E-state index >= 15 is 0 Å². The van der Waals surface area contributed by atoms with Gasteiger partial charge in [-0.2, -0.15) is 0 Å². The summed E-state index contributed by atoms with van der Waals surface area (Å²) >= 11 is 6.99. The zero-order valence-electron chi connectivity index (χ0n) is 23.8. The molecule has 0 spiro atoms. The summed E-state index contributed by atoms with van der Waals surface area (Å²) in [5, 5.41) is 8.40. The molecule has 4 nitrogen and oxygen atoms in total. The first-order valence-corrected chi connectivity index (χ1v) is 17.9. The Morgan fingerprint density at radius 3 is 1.52 bits per heavy atom. The van der Waals surface area contributed by atoms with E-state index in [0.717, 1.165) is 43.1 Å². The quantitative estimate of drug-likeness (QED) is 0.0658. The van der Waals surface area contributed by atoms with Crippen LogP contribution in [0.15, 0.2) is 130 Å². The largest absolute Gasteiger partial charge is 0.361 e. The average molecular weight is 650 g/mol. The van der Waals surface area contributed by atoms with Crippen LogP contribution in [0.1, 0.15) is 31.0 Å². The Balaban J connectivity index is 1.08. The van der Waals surface area contributed by atoms with Gasteiger partial charge in [-0.25, -0.2) is 4.58 Å². The molecule has 0 unspecified atom stereocenters. The van der Waals surface area contributed by atoms with Gasteiger partial charge in [0.1, 0.15) is 5.92 Å². The van der Waals surface area contributed by atoms with Crippen molar-refractivity contribution >= 4 is 68.3 Å². The lowest BCUT2D eigenvalue weighted by atomic mass is 9.70. The summed E-state index contributed by atoms with van der Waals surface area (Å²) in [6.07, 6.45) is 7.90. The number of nitrogens with zero attached hydrogens (tertiary/aromatic N) is 2. The third-order valence-corrected chi connectivity index (χ3v) is 11.3. The monoisotopic (exact) mass is 649 g/mol. The fraction of sp³-hybridized carbons (Fsp3) is 0.139. The predicted octanol–water partition coefficient (Wildman–Crippen LogP) is 8.65. The molecule has 0 radical (unpaired) electrons. The van der Waals surface area contributed by atoms with Crippen molar-refractivity contribution in [1.82, 2.24) is 0 Å². The van der Waals surface area contributed by atoms with Crippen LogP contribution in [0.4, 0.5) is 5.69 Å². The Kier molecular flexibility index (Phi) is 8.48. The molecule has 218 valence electrons. The van der Waals surface area contributed by atoms with Gasteiger partial charge in [-0.3, -0.25) is 9.59 Å². The number of anilines is 1. The first-order valence-electron chi connectivity index (χ1n) is 14.4. The number of Topliss-reactive ketones (excluding diaryl/α,β-unsaturated/α-hetero) is 2. The zero-order valence-corrected chi connectivity index (χ0v) is 27.1. The molecule has 0 N–H and O–H groups in total. The number of hydrogen-bond acceptors (Lipinski definition) is 7. The topological polar surface area (TPSA) is 40.4 Å². The molecule has 0 atom stereocenters. The second kappa shape index (κ2) is 13.0. The highest BCUT2D eigenvalue weighted by Gasteiger charge is 2.46. The highest BCUT2D eigenvalue weighted by molar-refractivity contribution is 7.10. The van der Waals surface area contributed by atoms with Crippen molar-refractivity contribution in [2.75, 3.05) is 4.90 Å². The zero-order chi connectivity index (χ0) is 29.9. The first-order chi connectivity index (χ1) is 21.6. The fourth-order valence-electron chi connectivity index (χ4n) is 5.59. The maximum Gasteiger partial charge on any atom is 0.200 e. The Labute approximate surface area is 272 Å². The number of ketones is 2.